The molecule has 2 aromatic heterocycles. The summed E-state index contributed by atoms with van der Waals surface area (Å²) in [6, 6.07) is 5.85. The lowest BCUT2D eigenvalue weighted by Crippen LogP contribution is -1.91. The van der Waals surface area contributed by atoms with Crippen LogP contribution in [0.3, 0.4) is 0 Å². The van der Waals surface area contributed by atoms with E-state index in [1.165, 1.54) is 6.42 Å². The smallest absolute Gasteiger partial charge is 0.166 e. The van der Waals surface area contributed by atoms with E-state index in [1.54, 1.807) is 17.5 Å². The van der Waals surface area contributed by atoms with Crippen molar-refractivity contribution in [3.05, 3.63) is 29.4 Å². The highest BCUT2D eigenvalue weighted by Gasteiger charge is 2.12. The SMILES string of the molecule is CCCC(C)c1nnc(-c2ccccn2)s1. The molecule has 0 N–H and O–H groups in total. The van der Waals surface area contributed by atoms with Gasteiger partial charge in [0.25, 0.3) is 0 Å². The third-order valence-corrected chi connectivity index (χ3v) is 3.65. The number of hydrogen-bond acceptors (Lipinski definition) is 4. The average molecular weight is 233 g/mol. The molecule has 3 nitrogen and oxygen atoms in total. The Bertz CT molecular complexity index is 439. The Balaban J connectivity index is 2.20. The van der Waals surface area contributed by atoms with Crippen LogP contribution in [0.5, 0.6) is 0 Å². The summed E-state index contributed by atoms with van der Waals surface area (Å²) >= 11 is 1.65. The predicted octanol–water partition coefficient (Wildman–Crippen LogP) is 3.50. The zero-order valence-electron chi connectivity index (χ0n) is 9.55. The van der Waals surface area contributed by atoms with Gasteiger partial charge in [-0.1, -0.05) is 37.7 Å². The topological polar surface area (TPSA) is 38.7 Å². The normalized spacial score (nSPS) is 12.6. The van der Waals surface area contributed by atoms with E-state index < -0.39 is 0 Å². The number of nitrogens with zero attached hydrogens (tertiary/aromatic N) is 3. The highest BCUT2D eigenvalue weighted by atomic mass is 32.1. The maximum Gasteiger partial charge on any atom is 0.166 e. The zero-order valence-corrected chi connectivity index (χ0v) is 10.4. The summed E-state index contributed by atoms with van der Waals surface area (Å²) in [5.41, 5.74) is 0.912. The predicted molar refractivity (Wildman–Crippen MR) is 66.5 cm³/mol. The van der Waals surface area contributed by atoms with E-state index in [-0.39, 0.29) is 0 Å². The largest absolute Gasteiger partial charge is 0.254 e. The van der Waals surface area contributed by atoms with E-state index in [0.29, 0.717) is 5.92 Å². The molecular weight excluding hydrogens is 218 g/mol. The second kappa shape index (κ2) is 5.16. The van der Waals surface area contributed by atoms with E-state index in [1.807, 2.05) is 18.2 Å². The second-order valence-electron chi connectivity index (χ2n) is 3.85. The van der Waals surface area contributed by atoms with Gasteiger partial charge in [-0.25, -0.2) is 0 Å². The second-order valence-corrected chi connectivity index (χ2v) is 4.86. The Labute approximate surface area is 99.6 Å². The molecule has 2 aromatic rings. The van der Waals surface area contributed by atoms with Crippen molar-refractivity contribution in [2.45, 2.75) is 32.6 Å². The number of rotatable bonds is 4. The van der Waals surface area contributed by atoms with Crippen molar-refractivity contribution in [1.29, 1.82) is 0 Å². The van der Waals surface area contributed by atoms with Gasteiger partial charge in [-0.15, -0.1) is 10.2 Å². The molecule has 0 aliphatic heterocycles. The molecule has 0 aliphatic carbocycles. The first-order valence-corrected chi connectivity index (χ1v) is 6.37. The minimum absolute atomic E-state index is 0.500. The van der Waals surface area contributed by atoms with Crippen molar-refractivity contribution in [3.63, 3.8) is 0 Å². The van der Waals surface area contributed by atoms with Crippen LogP contribution in [0.25, 0.3) is 10.7 Å². The Morgan fingerprint density at radius 2 is 2.19 bits per heavy atom. The molecule has 0 radical (unpaired) electrons. The first-order valence-electron chi connectivity index (χ1n) is 5.56. The van der Waals surface area contributed by atoms with Crippen molar-refractivity contribution in [2.24, 2.45) is 0 Å². The molecule has 1 unspecified atom stereocenters. The summed E-state index contributed by atoms with van der Waals surface area (Å²) in [7, 11) is 0. The number of pyridine rings is 1. The van der Waals surface area contributed by atoms with Gasteiger partial charge in [0.2, 0.25) is 0 Å². The summed E-state index contributed by atoms with van der Waals surface area (Å²) in [6.45, 7) is 4.39. The molecular formula is C12H15N3S. The Kier molecular flexibility index (Phi) is 3.62. The molecule has 0 fully saturated rings. The zero-order chi connectivity index (χ0) is 11.4. The van der Waals surface area contributed by atoms with Crippen molar-refractivity contribution in [1.82, 2.24) is 15.2 Å². The summed E-state index contributed by atoms with van der Waals surface area (Å²) < 4.78 is 0. The van der Waals surface area contributed by atoms with Crippen LogP contribution in [0.2, 0.25) is 0 Å². The van der Waals surface area contributed by atoms with Crippen molar-refractivity contribution in [2.75, 3.05) is 0 Å². The minimum atomic E-state index is 0.500. The quantitative estimate of drug-likeness (QED) is 0.811. The molecule has 2 rings (SSSR count). The fourth-order valence-corrected chi connectivity index (χ4v) is 2.49. The van der Waals surface area contributed by atoms with Gasteiger partial charge in [-0.3, -0.25) is 4.98 Å². The molecule has 0 amide bonds. The highest BCUT2D eigenvalue weighted by molar-refractivity contribution is 7.14. The summed E-state index contributed by atoms with van der Waals surface area (Å²) in [6.07, 6.45) is 4.13. The Morgan fingerprint density at radius 1 is 1.31 bits per heavy atom. The van der Waals surface area contributed by atoms with Crippen LogP contribution in [0, 0.1) is 0 Å². The Morgan fingerprint density at radius 3 is 2.88 bits per heavy atom. The highest BCUT2D eigenvalue weighted by Crippen LogP contribution is 2.28. The lowest BCUT2D eigenvalue weighted by molar-refractivity contribution is 0.654. The molecule has 0 spiro atoms. The molecule has 0 saturated carbocycles. The van der Waals surface area contributed by atoms with E-state index in [9.17, 15) is 0 Å². The maximum atomic E-state index is 4.28. The lowest BCUT2D eigenvalue weighted by Gasteiger charge is -2.02. The van der Waals surface area contributed by atoms with Gasteiger partial charge in [-0.05, 0) is 18.6 Å². The monoisotopic (exact) mass is 233 g/mol. The lowest BCUT2D eigenvalue weighted by atomic mass is 10.1. The van der Waals surface area contributed by atoms with Crippen LogP contribution in [0.4, 0.5) is 0 Å². The molecule has 0 saturated heterocycles. The van der Waals surface area contributed by atoms with Crippen molar-refractivity contribution >= 4 is 11.3 Å². The van der Waals surface area contributed by atoms with Gasteiger partial charge in [0.15, 0.2) is 5.01 Å². The molecule has 0 aromatic carbocycles. The first-order chi connectivity index (χ1) is 7.81. The maximum absolute atomic E-state index is 4.28. The minimum Gasteiger partial charge on any atom is -0.254 e. The van der Waals surface area contributed by atoms with Crippen LogP contribution in [-0.2, 0) is 0 Å². The van der Waals surface area contributed by atoms with Crippen molar-refractivity contribution in [3.8, 4) is 10.7 Å². The third kappa shape index (κ3) is 2.44. The van der Waals surface area contributed by atoms with Gasteiger partial charge < -0.3 is 0 Å². The molecule has 4 heteroatoms. The standard InChI is InChI=1S/C12H15N3S/c1-3-6-9(2)11-14-15-12(16-11)10-7-4-5-8-13-10/h4-5,7-9H,3,6H2,1-2H3. The number of aromatic nitrogens is 3. The molecule has 2 heterocycles. The van der Waals surface area contributed by atoms with E-state index >= 15 is 0 Å². The summed E-state index contributed by atoms with van der Waals surface area (Å²) in [4.78, 5) is 4.28. The van der Waals surface area contributed by atoms with Gasteiger partial charge in [0.05, 0.1) is 0 Å². The van der Waals surface area contributed by atoms with Gasteiger partial charge >= 0.3 is 0 Å². The van der Waals surface area contributed by atoms with Crippen LogP contribution in [0.1, 0.15) is 37.6 Å². The molecule has 0 bridgehead atoms. The van der Waals surface area contributed by atoms with E-state index in [2.05, 4.69) is 29.0 Å². The van der Waals surface area contributed by atoms with Crippen LogP contribution in [0.15, 0.2) is 24.4 Å². The van der Waals surface area contributed by atoms with Crippen LogP contribution in [-0.4, -0.2) is 15.2 Å². The third-order valence-electron chi connectivity index (χ3n) is 2.47. The fraction of sp³-hybridized carbons (Fsp3) is 0.417. The summed E-state index contributed by atoms with van der Waals surface area (Å²) in [5.74, 6) is 0.500. The Hall–Kier alpha value is -1.29. The van der Waals surface area contributed by atoms with Gasteiger partial charge in [0, 0.05) is 12.1 Å². The molecule has 16 heavy (non-hydrogen) atoms. The average Bonchev–Trinajstić information content (AvgIpc) is 2.80. The number of hydrogen-bond donors (Lipinski definition) is 0. The fourth-order valence-electron chi connectivity index (χ4n) is 1.58. The summed E-state index contributed by atoms with van der Waals surface area (Å²) in [5, 5.41) is 10.5. The van der Waals surface area contributed by atoms with Gasteiger partial charge in [0.1, 0.15) is 10.7 Å². The van der Waals surface area contributed by atoms with E-state index in [0.717, 1.165) is 22.1 Å². The molecule has 1 atom stereocenters. The molecule has 84 valence electrons. The van der Waals surface area contributed by atoms with Crippen LogP contribution < -0.4 is 0 Å². The first kappa shape index (κ1) is 11.2. The van der Waals surface area contributed by atoms with Crippen molar-refractivity contribution < 1.29 is 0 Å². The van der Waals surface area contributed by atoms with Crippen LogP contribution >= 0.6 is 11.3 Å². The van der Waals surface area contributed by atoms with E-state index in [4.69, 9.17) is 0 Å². The molecule has 0 aliphatic rings. The van der Waals surface area contributed by atoms with Gasteiger partial charge in [-0.2, -0.15) is 0 Å².